The standard InChI is InChI=1S/C52H32N2/c53-33-34-18-20-36(21-19-34)40-14-9-15-41(30-40)44-27-29-48-46-17-8-7-16-45(46)47-28-26-43(51(44)52(47)48)37-22-24-39(25-23-37)50-32-42(35-10-3-1-4-11-35)31-49(54-50)38-12-5-2-6-13-38/h1-32H. The number of hydrogen-bond donors (Lipinski definition) is 0. The van der Waals surface area contributed by atoms with E-state index in [0.717, 1.165) is 50.3 Å². The SMILES string of the molecule is N#Cc1ccc(-c2cccc(-c3ccc4c5c(ccc(-c6ccc(-c7cc(-c8ccccc8)cc(-c8ccccc8)n7)cc6)c35)-c3ccccc3-4)c2)cc1. The van der Waals surface area contributed by atoms with Gasteiger partial charge in [-0.05, 0) is 108 Å². The highest BCUT2D eigenvalue weighted by atomic mass is 14.7. The number of benzene rings is 8. The normalized spacial score (nSPS) is 11.3. The molecule has 1 aromatic heterocycles. The molecule has 1 aliphatic carbocycles. The first-order valence-corrected chi connectivity index (χ1v) is 18.3. The average Bonchev–Trinajstić information content (AvgIpc) is 3.59. The second kappa shape index (κ2) is 13.0. The van der Waals surface area contributed by atoms with Crippen LogP contribution in [0.4, 0.5) is 0 Å². The van der Waals surface area contributed by atoms with Crippen LogP contribution in [0.3, 0.4) is 0 Å². The van der Waals surface area contributed by atoms with Gasteiger partial charge >= 0.3 is 0 Å². The van der Waals surface area contributed by atoms with Crippen molar-refractivity contribution in [2.75, 3.05) is 0 Å². The average molecular weight is 685 g/mol. The summed E-state index contributed by atoms with van der Waals surface area (Å²) in [6.07, 6.45) is 0. The lowest BCUT2D eigenvalue weighted by molar-refractivity contribution is 1.32. The molecule has 250 valence electrons. The molecule has 10 rings (SSSR count). The lowest BCUT2D eigenvalue weighted by Crippen LogP contribution is -1.92. The molecule has 0 saturated carbocycles. The summed E-state index contributed by atoms with van der Waals surface area (Å²) in [5, 5.41) is 11.9. The highest BCUT2D eigenvalue weighted by Gasteiger charge is 2.25. The Hall–Kier alpha value is -7.34. The van der Waals surface area contributed by atoms with E-state index < -0.39 is 0 Å². The smallest absolute Gasteiger partial charge is 0.0991 e. The van der Waals surface area contributed by atoms with Crippen LogP contribution in [0.2, 0.25) is 0 Å². The molecule has 8 aromatic carbocycles. The van der Waals surface area contributed by atoms with E-state index in [4.69, 9.17) is 4.98 Å². The molecule has 0 saturated heterocycles. The monoisotopic (exact) mass is 684 g/mol. The van der Waals surface area contributed by atoms with E-state index in [1.807, 2.05) is 30.3 Å². The largest absolute Gasteiger partial charge is 0.248 e. The Morgan fingerprint density at radius 2 is 0.741 bits per heavy atom. The van der Waals surface area contributed by atoms with Crippen molar-refractivity contribution in [3.05, 3.63) is 200 Å². The van der Waals surface area contributed by atoms with E-state index in [9.17, 15) is 5.26 Å². The fraction of sp³-hybridized carbons (Fsp3) is 0. The Morgan fingerprint density at radius 1 is 0.296 bits per heavy atom. The quantitative estimate of drug-likeness (QED) is 0.175. The Morgan fingerprint density at radius 3 is 1.37 bits per heavy atom. The van der Waals surface area contributed by atoms with Crippen molar-refractivity contribution in [2.45, 2.75) is 0 Å². The Bertz CT molecular complexity index is 2810. The van der Waals surface area contributed by atoms with Gasteiger partial charge in [-0.1, -0.05) is 164 Å². The van der Waals surface area contributed by atoms with Crippen molar-refractivity contribution in [2.24, 2.45) is 0 Å². The molecule has 54 heavy (non-hydrogen) atoms. The zero-order chi connectivity index (χ0) is 36.0. The summed E-state index contributed by atoms with van der Waals surface area (Å²) in [6.45, 7) is 0. The highest BCUT2D eigenvalue weighted by Crippen LogP contribution is 2.52. The van der Waals surface area contributed by atoms with Crippen LogP contribution in [0.15, 0.2) is 194 Å². The first-order chi connectivity index (χ1) is 26.7. The third kappa shape index (κ3) is 5.39. The van der Waals surface area contributed by atoms with Crippen molar-refractivity contribution >= 4 is 10.8 Å². The number of nitrogens with zero attached hydrogens (tertiary/aromatic N) is 2. The van der Waals surface area contributed by atoms with Gasteiger partial charge < -0.3 is 0 Å². The molecular weight excluding hydrogens is 653 g/mol. The number of pyridine rings is 1. The first kappa shape index (κ1) is 31.4. The van der Waals surface area contributed by atoms with E-state index in [-0.39, 0.29) is 0 Å². The molecule has 0 amide bonds. The molecule has 0 radical (unpaired) electrons. The molecule has 1 aliphatic rings. The molecule has 0 N–H and O–H groups in total. The van der Waals surface area contributed by atoms with Crippen LogP contribution in [-0.4, -0.2) is 4.98 Å². The van der Waals surface area contributed by atoms with E-state index in [1.165, 1.54) is 49.7 Å². The van der Waals surface area contributed by atoms with Gasteiger partial charge in [-0.25, -0.2) is 4.98 Å². The Labute approximate surface area is 314 Å². The van der Waals surface area contributed by atoms with Crippen LogP contribution in [0.25, 0.3) is 100 Å². The van der Waals surface area contributed by atoms with E-state index in [0.29, 0.717) is 5.56 Å². The third-order valence-corrected chi connectivity index (χ3v) is 10.7. The van der Waals surface area contributed by atoms with Crippen molar-refractivity contribution in [3.8, 4) is 95.3 Å². The molecule has 0 spiro atoms. The molecule has 2 heteroatoms. The Balaban J connectivity index is 1.12. The number of rotatable bonds is 6. The van der Waals surface area contributed by atoms with Crippen molar-refractivity contribution in [1.29, 1.82) is 5.26 Å². The minimum atomic E-state index is 0.661. The molecule has 0 aliphatic heterocycles. The topological polar surface area (TPSA) is 36.7 Å². The fourth-order valence-electron chi connectivity index (χ4n) is 8.03. The maximum atomic E-state index is 9.36. The summed E-state index contributed by atoms with van der Waals surface area (Å²) in [7, 11) is 0. The lowest BCUT2D eigenvalue weighted by atomic mass is 9.87. The lowest BCUT2D eigenvalue weighted by Gasteiger charge is -2.16. The van der Waals surface area contributed by atoms with Crippen LogP contribution >= 0.6 is 0 Å². The van der Waals surface area contributed by atoms with Crippen molar-refractivity contribution in [1.82, 2.24) is 4.98 Å². The predicted molar refractivity (Wildman–Crippen MR) is 224 cm³/mol. The van der Waals surface area contributed by atoms with Gasteiger partial charge in [0.05, 0.1) is 23.0 Å². The summed E-state index contributed by atoms with van der Waals surface area (Å²) in [6, 6.07) is 71.0. The Kier molecular flexibility index (Phi) is 7.57. The van der Waals surface area contributed by atoms with Crippen molar-refractivity contribution < 1.29 is 0 Å². The second-order valence-corrected chi connectivity index (χ2v) is 13.8. The van der Waals surface area contributed by atoms with Gasteiger partial charge in [0.15, 0.2) is 0 Å². The highest BCUT2D eigenvalue weighted by molar-refractivity contribution is 6.22. The van der Waals surface area contributed by atoms with E-state index >= 15 is 0 Å². The van der Waals surface area contributed by atoms with Gasteiger partial charge in [-0.3, -0.25) is 0 Å². The van der Waals surface area contributed by atoms with Crippen LogP contribution < -0.4 is 0 Å². The molecular formula is C52H32N2. The van der Waals surface area contributed by atoms with Crippen LogP contribution in [0.1, 0.15) is 5.56 Å². The molecule has 0 unspecified atom stereocenters. The van der Waals surface area contributed by atoms with Crippen LogP contribution in [-0.2, 0) is 0 Å². The molecule has 0 bridgehead atoms. The molecule has 2 nitrogen and oxygen atoms in total. The minimum Gasteiger partial charge on any atom is -0.248 e. The van der Waals surface area contributed by atoms with E-state index in [1.54, 1.807) is 0 Å². The summed E-state index contributed by atoms with van der Waals surface area (Å²) in [5.41, 5.74) is 19.1. The maximum absolute atomic E-state index is 9.36. The van der Waals surface area contributed by atoms with Crippen molar-refractivity contribution in [3.63, 3.8) is 0 Å². The van der Waals surface area contributed by atoms with Gasteiger partial charge in [0, 0.05) is 11.1 Å². The number of hydrogen-bond acceptors (Lipinski definition) is 2. The maximum Gasteiger partial charge on any atom is 0.0991 e. The zero-order valence-corrected chi connectivity index (χ0v) is 29.4. The molecule has 0 fully saturated rings. The molecule has 0 atom stereocenters. The molecule has 1 heterocycles. The van der Waals surface area contributed by atoms with Gasteiger partial charge in [0.1, 0.15) is 0 Å². The van der Waals surface area contributed by atoms with Gasteiger partial charge in [0.2, 0.25) is 0 Å². The van der Waals surface area contributed by atoms with Crippen LogP contribution in [0, 0.1) is 11.3 Å². The van der Waals surface area contributed by atoms with Crippen LogP contribution in [0.5, 0.6) is 0 Å². The number of nitriles is 1. The van der Waals surface area contributed by atoms with Gasteiger partial charge in [-0.2, -0.15) is 5.26 Å². The summed E-state index contributed by atoms with van der Waals surface area (Å²) in [5.74, 6) is 0. The summed E-state index contributed by atoms with van der Waals surface area (Å²) >= 11 is 0. The zero-order valence-electron chi connectivity index (χ0n) is 29.4. The molecule has 9 aromatic rings. The fourth-order valence-corrected chi connectivity index (χ4v) is 8.03. The van der Waals surface area contributed by atoms with Gasteiger partial charge in [0.25, 0.3) is 0 Å². The second-order valence-electron chi connectivity index (χ2n) is 13.8. The summed E-state index contributed by atoms with van der Waals surface area (Å²) < 4.78 is 0. The van der Waals surface area contributed by atoms with Gasteiger partial charge in [-0.15, -0.1) is 0 Å². The number of aromatic nitrogens is 1. The van der Waals surface area contributed by atoms with E-state index in [2.05, 4.69) is 170 Å². The first-order valence-electron chi connectivity index (χ1n) is 18.3. The minimum absolute atomic E-state index is 0.661. The predicted octanol–water partition coefficient (Wildman–Crippen LogP) is 13.8. The number of fused-ring (bicyclic) bond motifs is 3. The summed E-state index contributed by atoms with van der Waals surface area (Å²) in [4.78, 5) is 5.19. The third-order valence-electron chi connectivity index (χ3n) is 10.7.